The molecule has 33 heavy (non-hydrogen) atoms. The van der Waals surface area contributed by atoms with Crippen molar-refractivity contribution < 1.29 is 68.5 Å². The number of fused-ring (bicyclic) bond motifs is 5. The van der Waals surface area contributed by atoms with E-state index in [2.05, 4.69) is 40.7 Å². The molecule has 0 N–H and O–H groups in total. The van der Waals surface area contributed by atoms with Crippen molar-refractivity contribution in [3.63, 3.8) is 0 Å². The topological polar surface area (TPSA) is 66.4 Å². The second kappa shape index (κ2) is 10.9. The van der Waals surface area contributed by atoms with E-state index in [-0.39, 0.29) is 56.8 Å². The van der Waals surface area contributed by atoms with E-state index in [1.54, 1.807) is 0 Å². The molecule has 8 atom stereocenters. The maximum absolute atomic E-state index is 11.1. The number of allylic oxidation sites excluding steroid dienone is 1. The summed E-state index contributed by atoms with van der Waals surface area (Å²) in [4.78, 5) is 0. The van der Waals surface area contributed by atoms with Gasteiger partial charge >= 0.3 is 51.4 Å². The molecule has 0 amide bonds. The van der Waals surface area contributed by atoms with Gasteiger partial charge < -0.3 is 4.55 Å². The van der Waals surface area contributed by atoms with Gasteiger partial charge in [0, 0.05) is 0 Å². The quantitative estimate of drug-likeness (QED) is 0.228. The molecule has 4 unspecified atom stereocenters. The molecule has 184 valence electrons. The molecule has 4 aliphatic rings. The minimum absolute atomic E-state index is 0. The van der Waals surface area contributed by atoms with Crippen molar-refractivity contribution in [2.24, 2.45) is 46.3 Å². The second-order valence-electron chi connectivity index (χ2n) is 12.7. The van der Waals surface area contributed by atoms with Crippen molar-refractivity contribution in [1.29, 1.82) is 0 Å². The summed E-state index contributed by atoms with van der Waals surface area (Å²) < 4.78 is 38.2. The molecule has 3 fully saturated rings. The zero-order valence-electron chi connectivity index (χ0n) is 21.9. The van der Waals surface area contributed by atoms with Crippen LogP contribution in [0, 0.1) is 46.3 Å². The van der Waals surface area contributed by atoms with E-state index >= 15 is 0 Å². The molecule has 6 heteroatoms. The van der Waals surface area contributed by atoms with E-state index in [9.17, 15) is 13.0 Å². The Labute approximate surface area is 245 Å². The third-order valence-corrected chi connectivity index (χ3v) is 11.0. The Balaban J connectivity index is 0.00000306. The van der Waals surface area contributed by atoms with Crippen LogP contribution in [0.5, 0.6) is 0 Å². The first-order chi connectivity index (χ1) is 14.9. The Morgan fingerprint density at radius 3 is 2.45 bits per heavy atom. The Bertz CT molecular complexity index is 824. The molecule has 0 saturated heterocycles. The Morgan fingerprint density at radius 2 is 1.79 bits per heavy atom. The SMILES string of the molecule is CC(C)CCC[C@@H](C)[C@H]1CCC2C3CC=C4CC(OS(=O)(=O)[O-])CC[C@]4(C)C3CC[C@@]21C.[K+]. The summed E-state index contributed by atoms with van der Waals surface area (Å²) in [6, 6.07) is 0. The summed E-state index contributed by atoms with van der Waals surface area (Å²) in [5.74, 6) is 4.78. The van der Waals surface area contributed by atoms with Crippen molar-refractivity contribution in [2.45, 2.75) is 111 Å². The van der Waals surface area contributed by atoms with Gasteiger partial charge in [0.15, 0.2) is 0 Å². The van der Waals surface area contributed by atoms with Gasteiger partial charge in [-0.3, -0.25) is 4.18 Å². The van der Waals surface area contributed by atoms with Crippen molar-refractivity contribution in [3.8, 4) is 0 Å². The number of hydrogen-bond acceptors (Lipinski definition) is 4. The van der Waals surface area contributed by atoms with Crippen molar-refractivity contribution in [3.05, 3.63) is 11.6 Å². The molecular weight excluding hydrogens is 459 g/mol. The average Bonchev–Trinajstić information content (AvgIpc) is 3.04. The van der Waals surface area contributed by atoms with Gasteiger partial charge in [-0.2, -0.15) is 0 Å². The predicted octanol–water partition coefficient (Wildman–Crippen LogP) is 3.88. The van der Waals surface area contributed by atoms with Crippen molar-refractivity contribution >= 4 is 10.4 Å². The van der Waals surface area contributed by atoms with Crippen LogP contribution in [-0.4, -0.2) is 19.1 Å². The fraction of sp³-hybridized carbons (Fsp3) is 0.926. The van der Waals surface area contributed by atoms with Gasteiger partial charge in [-0.25, -0.2) is 8.42 Å². The monoisotopic (exact) mass is 504 g/mol. The minimum atomic E-state index is -4.63. The van der Waals surface area contributed by atoms with Gasteiger partial charge in [0.1, 0.15) is 0 Å². The van der Waals surface area contributed by atoms with E-state index in [0.29, 0.717) is 24.2 Å². The second-order valence-corrected chi connectivity index (χ2v) is 13.7. The van der Waals surface area contributed by atoms with Crippen LogP contribution in [0.3, 0.4) is 0 Å². The van der Waals surface area contributed by atoms with Crippen molar-refractivity contribution in [2.75, 3.05) is 0 Å². The van der Waals surface area contributed by atoms with Crippen LogP contribution in [0.4, 0.5) is 0 Å². The van der Waals surface area contributed by atoms with Gasteiger partial charge in [0.25, 0.3) is 0 Å². The van der Waals surface area contributed by atoms with Crippen LogP contribution in [-0.2, 0) is 14.6 Å². The summed E-state index contributed by atoms with van der Waals surface area (Å²) >= 11 is 0. The van der Waals surface area contributed by atoms with Gasteiger partial charge in [0.2, 0.25) is 10.4 Å². The molecule has 0 heterocycles. The Morgan fingerprint density at radius 1 is 1.06 bits per heavy atom. The van der Waals surface area contributed by atoms with Crippen LogP contribution in [0.1, 0.15) is 105 Å². The van der Waals surface area contributed by atoms with Crippen molar-refractivity contribution in [1.82, 2.24) is 0 Å². The third kappa shape index (κ3) is 5.89. The summed E-state index contributed by atoms with van der Waals surface area (Å²) in [6.07, 6.45) is 14.8. The molecule has 0 aromatic carbocycles. The van der Waals surface area contributed by atoms with Crippen LogP contribution >= 0.6 is 0 Å². The average molecular weight is 505 g/mol. The fourth-order valence-corrected chi connectivity index (χ4v) is 9.40. The molecule has 3 saturated carbocycles. The molecule has 0 radical (unpaired) electrons. The molecule has 0 spiro atoms. The van der Waals surface area contributed by atoms with Crippen LogP contribution in [0.2, 0.25) is 0 Å². The maximum Gasteiger partial charge on any atom is 1.00 e. The summed E-state index contributed by atoms with van der Waals surface area (Å²) in [5.41, 5.74) is 1.99. The molecule has 0 aliphatic heterocycles. The minimum Gasteiger partial charge on any atom is -0.726 e. The molecule has 4 rings (SSSR count). The smallest absolute Gasteiger partial charge is 0.726 e. The normalized spacial score (nSPS) is 41.4. The van der Waals surface area contributed by atoms with Gasteiger partial charge in [-0.15, -0.1) is 0 Å². The standard InChI is InChI=1S/C27H46O4S.K/c1-18(2)7-6-8-19(3)23-11-12-24-22-10-9-20-17-21(31-32(28,29)30)13-15-26(20,4)25(22)14-16-27(23,24)5;/h9,18-19,21-25H,6-8,10-17H2,1-5H3,(H,28,29,30);/q;+1/p-1/t19-,21?,22?,23-,24?,25?,26+,27-;/m1./s1. The predicted molar refractivity (Wildman–Crippen MR) is 128 cm³/mol. The first-order valence-corrected chi connectivity index (χ1v) is 14.6. The van der Waals surface area contributed by atoms with Gasteiger partial charge in [0.05, 0.1) is 6.10 Å². The maximum atomic E-state index is 11.1. The first-order valence-electron chi connectivity index (χ1n) is 13.3. The zero-order chi connectivity index (χ0) is 23.3. The molecule has 0 bridgehead atoms. The fourth-order valence-electron chi connectivity index (χ4n) is 8.90. The number of hydrogen-bond donors (Lipinski definition) is 0. The summed E-state index contributed by atoms with van der Waals surface area (Å²) in [7, 11) is -4.63. The van der Waals surface area contributed by atoms with E-state index in [0.717, 1.165) is 42.4 Å². The van der Waals surface area contributed by atoms with Crippen LogP contribution in [0.25, 0.3) is 0 Å². The molecular formula is C27H45KO4S. The first kappa shape index (κ1) is 28.8. The van der Waals surface area contributed by atoms with Gasteiger partial charge in [-0.1, -0.05) is 65.5 Å². The van der Waals surface area contributed by atoms with E-state index in [1.807, 2.05) is 0 Å². The van der Waals surface area contributed by atoms with E-state index < -0.39 is 16.5 Å². The largest absolute Gasteiger partial charge is 1.00 e. The van der Waals surface area contributed by atoms with Crippen LogP contribution < -0.4 is 51.4 Å². The van der Waals surface area contributed by atoms with Crippen LogP contribution in [0.15, 0.2) is 11.6 Å². The molecule has 0 aromatic heterocycles. The third-order valence-electron chi connectivity index (χ3n) is 10.5. The summed E-state index contributed by atoms with van der Waals surface area (Å²) in [6.45, 7) is 12.2. The Kier molecular flexibility index (Phi) is 9.54. The van der Waals surface area contributed by atoms with E-state index in [1.165, 1.54) is 50.5 Å². The number of rotatable bonds is 7. The molecule has 4 nitrogen and oxygen atoms in total. The zero-order valence-corrected chi connectivity index (χ0v) is 25.9. The Hall–Kier alpha value is 1.25. The van der Waals surface area contributed by atoms with E-state index in [4.69, 9.17) is 4.18 Å². The molecule has 4 aliphatic carbocycles. The van der Waals surface area contributed by atoms with Gasteiger partial charge in [-0.05, 0) is 97.7 Å². The summed E-state index contributed by atoms with van der Waals surface area (Å²) in [5, 5.41) is 0. The molecule has 0 aromatic rings.